The lowest BCUT2D eigenvalue weighted by atomic mass is 9.90. The normalized spacial score (nSPS) is 13.6. The molecule has 0 radical (unpaired) electrons. The molecule has 172 valence electrons. The quantitative estimate of drug-likeness (QED) is 0.272. The van der Waals surface area contributed by atoms with E-state index in [2.05, 4.69) is 36.7 Å². The minimum Gasteiger partial charge on any atom is -0.367 e. The average molecular weight is 523 g/mol. The Morgan fingerprint density at radius 3 is 2.68 bits per heavy atom. The molecule has 2 N–H and O–H groups in total. The Balaban J connectivity index is 1.42. The smallest absolute Gasteiger partial charge is 0.168 e. The molecular formula is C24H22BBrF2N6. The van der Waals surface area contributed by atoms with Crippen molar-refractivity contribution in [1.82, 2.24) is 14.6 Å². The summed E-state index contributed by atoms with van der Waals surface area (Å²) in [5, 5.41) is 11.3. The van der Waals surface area contributed by atoms with E-state index in [9.17, 15) is 8.78 Å². The maximum Gasteiger partial charge on any atom is 0.168 e. The molecule has 0 spiro atoms. The first-order valence-corrected chi connectivity index (χ1v) is 11.8. The van der Waals surface area contributed by atoms with Crippen molar-refractivity contribution in [3.05, 3.63) is 81.5 Å². The fourth-order valence-electron chi connectivity index (χ4n) is 3.62. The SMILES string of the molecule is Bc1ccc(F)cc1CNc1cc(NC2CC2)n2ncc(/C=N/Cc3cc(F)ccc3Br)c2n1. The van der Waals surface area contributed by atoms with E-state index in [0.29, 0.717) is 30.6 Å². The fourth-order valence-corrected chi connectivity index (χ4v) is 4.00. The number of rotatable bonds is 8. The van der Waals surface area contributed by atoms with Gasteiger partial charge in [0.15, 0.2) is 5.65 Å². The second-order valence-electron chi connectivity index (χ2n) is 8.41. The molecule has 10 heteroatoms. The summed E-state index contributed by atoms with van der Waals surface area (Å²) in [5.41, 5.74) is 4.02. The third-order valence-corrected chi connectivity index (χ3v) is 6.47. The van der Waals surface area contributed by atoms with Crippen LogP contribution in [-0.2, 0) is 13.1 Å². The summed E-state index contributed by atoms with van der Waals surface area (Å²) in [5.74, 6) is 0.924. The van der Waals surface area contributed by atoms with Gasteiger partial charge in [0.05, 0.1) is 18.3 Å². The zero-order chi connectivity index (χ0) is 23.7. The number of aromatic nitrogens is 3. The van der Waals surface area contributed by atoms with Gasteiger partial charge in [0.1, 0.15) is 31.1 Å². The standard InChI is InChI=1S/C24H22BBrF2N6/c25-20-5-1-17(27)7-14(20)12-30-22-9-23(32-19-3-4-19)34-24(33-22)16(13-31-34)11-29-10-15-8-18(28)2-6-21(15)26/h1-2,5-9,11,13,19,32H,3-4,10,12,25H2,(H,30,33)/b29-11+. The van der Waals surface area contributed by atoms with Gasteiger partial charge in [-0.1, -0.05) is 27.5 Å². The van der Waals surface area contributed by atoms with Crippen LogP contribution in [0.4, 0.5) is 20.4 Å². The number of hydrogen-bond acceptors (Lipinski definition) is 5. The highest BCUT2D eigenvalue weighted by molar-refractivity contribution is 9.10. The second-order valence-corrected chi connectivity index (χ2v) is 9.26. The van der Waals surface area contributed by atoms with Crippen molar-refractivity contribution in [3.63, 3.8) is 0 Å². The third kappa shape index (κ3) is 5.12. The van der Waals surface area contributed by atoms with Gasteiger partial charge in [0.2, 0.25) is 0 Å². The summed E-state index contributed by atoms with van der Waals surface area (Å²) >= 11 is 3.43. The van der Waals surface area contributed by atoms with Crippen molar-refractivity contribution in [2.75, 3.05) is 10.6 Å². The largest absolute Gasteiger partial charge is 0.367 e. The molecule has 1 aliphatic carbocycles. The molecule has 4 aromatic rings. The van der Waals surface area contributed by atoms with Crippen molar-refractivity contribution in [3.8, 4) is 0 Å². The van der Waals surface area contributed by atoms with Crippen LogP contribution in [0.5, 0.6) is 0 Å². The summed E-state index contributed by atoms with van der Waals surface area (Å²) in [4.78, 5) is 9.23. The van der Waals surface area contributed by atoms with E-state index in [1.807, 2.05) is 13.9 Å². The monoisotopic (exact) mass is 522 g/mol. The maximum absolute atomic E-state index is 13.7. The number of hydrogen-bond donors (Lipinski definition) is 2. The number of aliphatic imine (C=N–C) groups is 1. The molecule has 2 aromatic heterocycles. The summed E-state index contributed by atoms with van der Waals surface area (Å²) in [6, 6.07) is 11.6. The molecule has 5 rings (SSSR count). The Bertz CT molecular complexity index is 1390. The summed E-state index contributed by atoms with van der Waals surface area (Å²) < 4.78 is 29.8. The van der Waals surface area contributed by atoms with E-state index in [0.717, 1.165) is 45.3 Å². The lowest BCUT2D eigenvalue weighted by Crippen LogP contribution is -2.15. The Kier molecular flexibility index (Phi) is 6.32. The zero-order valence-corrected chi connectivity index (χ0v) is 20.1. The Morgan fingerprint density at radius 1 is 1.12 bits per heavy atom. The lowest BCUT2D eigenvalue weighted by molar-refractivity contribution is 0.625. The number of nitrogens with zero attached hydrogens (tertiary/aromatic N) is 4. The van der Waals surface area contributed by atoms with Gasteiger partial charge in [-0.05, 0) is 54.3 Å². The van der Waals surface area contributed by atoms with Crippen LogP contribution in [0.25, 0.3) is 5.65 Å². The van der Waals surface area contributed by atoms with E-state index >= 15 is 0 Å². The third-order valence-electron chi connectivity index (χ3n) is 5.70. The van der Waals surface area contributed by atoms with Crippen molar-refractivity contribution in [1.29, 1.82) is 0 Å². The van der Waals surface area contributed by atoms with E-state index in [1.54, 1.807) is 29.1 Å². The molecule has 6 nitrogen and oxygen atoms in total. The van der Waals surface area contributed by atoms with E-state index in [-0.39, 0.29) is 11.6 Å². The van der Waals surface area contributed by atoms with Crippen LogP contribution >= 0.6 is 15.9 Å². The van der Waals surface area contributed by atoms with Crippen LogP contribution in [0.2, 0.25) is 0 Å². The molecule has 34 heavy (non-hydrogen) atoms. The van der Waals surface area contributed by atoms with E-state index in [4.69, 9.17) is 4.98 Å². The van der Waals surface area contributed by atoms with Crippen molar-refractivity contribution >= 4 is 52.7 Å². The van der Waals surface area contributed by atoms with Gasteiger partial charge in [-0.3, -0.25) is 4.99 Å². The molecule has 0 atom stereocenters. The molecule has 2 aromatic carbocycles. The molecule has 1 aliphatic rings. The minimum atomic E-state index is -0.300. The second kappa shape index (κ2) is 9.54. The lowest BCUT2D eigenvalue weighted by Gasteiger charge is -2.12. The van der Waals surface area contributed by atoms with Gasteiger partial charge in [-0.25, -0.2) is 13.8 Å². The number of benzene rings is 2. The molecule has 0 bridgehead atoms. The zero-order valence-electron chi connectivity index (χ0n) is 18.5. The van der Waals surface area contributed by atoms with Crippen LogP contribution < -0.4 is 16.1 Å². The number of fused-ring (bicyclic) bond motifs is 1. The molecule has 1 fully saturated rings. The molecule has 2 heterocycles. The van der Waals surface area contributed by atoms with Gasteiger partial charge < -0.3 is 10.6 Å². The van der Waals surface area contributed by atoms with Crippen molar-refractivity contribution in [2.24, 2.45) is 4.99 Å². The minimum absolute atomic E-state index is 0.263. The van der Waals surface area contributed by atoms with Crippen molar-refractivity contribution in [2.45, 2.75) is 32.0 Å². The summed E-state index contributed by atoms with van der Waals surface area (Å²) in [6.45, 7) is 0.764. The Morgan fingerprint density at radius 2 is 1.88 bits per heavy atom. The summed E-state index contributed by atoms with van der Waals surface area (Å²) in [6.07, 6.45) is 5.65. The average Bonchev–Trinajstić information content (AvgIpc) is 3.54. The number of halogens is 3. The van der Waals surface area contributed by atoms with Crippen LogP contribution in [0.1, 0.15) is 29.5 Å². The van der Waals surface area contributed by atoms with E-state index in [1.165, 1.54) is 24.3 Å². The Labute approximate surface area is 205 Å². The number of nitrogens with one attached hydrogen (secondary N) is 2. The first-order chi connectivity index (χ1) is 16.5. The molecule has 0 amide bonds. The van der Waals surface area contributed by atoms with E-state index < -0.39 is 0 Å². The van der Waals surface area contributed by atoms with Gasteiger partial charge in [-0.15, -0.1) is 0 Å². The van der Waals surface area contributed by atoms with Gasteiger partial charge in [0, 0.05) is 29.3 Å². The van der Waals surface area contributed by atoms with Gasteiger partial charge in [-0.2, -0.15) is 9.61 Å². The molecule has 0 saturated heterocycles. The van der Waals surface area contributed by atoms with Gasteiger partial charge in [0.25, 0.3) is 0 Å². The molecule has 0 aliphatic heterocycles. The molecular weight excluding hydrogens is 501 g/mol. The highest BCUT2D eigenvalue weighted by Gasteiger charge is 2.23. The topological polar surface area (TPSA) is 66.6 Å². The Hall–Kier alpha value is -3.27. The fraction of sp³-hybridized carbons (Fsp3) is 0.208. The first kappa shape index (κ1) is 22.5. The van der Waals surface area contributed by atoms with Gasteiger partial charge >= 0.3 is 0 Å². The van der Waals surface area contributed by atoms with Crippen LogP contribution in [0.3, 0.4) is 0 Å². The maximum atomic E-state index is 13.7. The predicted octanol–water partition coefficient (Wildman–Crippen LogP) is 3.83. The molecule has 0 unspecified atom stereocenters. The molecule has 1 saturated carbocycles. The highest BCUT2D eigenvalue weighted by Crippen LogP contribution is 2.27. The van der Waals surface area contributed by atoms with Crippen LogP contribution in [-0.4, -0.2) is 34.7 Å². The highest BCUT2D eigenvalue weighted by atomic mass is 79.9. The number of anilines is 2. The van der Waals surface area contributed by atoms with Crippen LogP contribution in [0.15, 0.2) is 58.1 Å². The predicted molar refractivity (Wildman–Crippen MR) is 137 cm³/mol. The summed E-state index contributed by atoms with van der Waals surface area (Å²) in [7, 11) is 1.95. The first-order valence-electron chi connectivity index (χ1n) is 11.0. The van der Waals surface area contributed by atoms with Crippen LogP contribution in [0, 0.1) is 11.6 Å². The van der Waals surface area contributed by atoms with Crippen molar-refractivity contribution < 1.29 is 8.78 Å².